The summed E-state index contributed by atoms with van der Waals surface area (Å²) in [4.78, 5) is 112. The molecular weight excluding hydrogens is 923 g/mol. The standard InChI is InChI=1S/C53H83BN6O10S/c1-13-36(5)48(41(69-11)29-44(63)60-32-35(4)27-40(60)49(70-12)37(6)50(66)56-39(33-61)28-38-21-16-14-17-22-38)58(10)46(65)31-55-51(67)47(34(2)3)57(9)43(62)23-18-15-19-25-59-45(64)30-42(52(59)68)71-26-20-24-53(7,8)54/h14,16-17,21-22,33-34,36-37,39-42,47-49H,4,13,15,18-20,23-32H2,1-3,5-12H3,(H,55,67)(H,56,66)/t36?,37-,39+,40+,41-,42?,47+,48+,49-/m1/s1. The minimum Gasteiger partial charge on any atom is -0.379 e. The SMILES string of the molecule is [B]C(C)(C)CCCSC1CC(=O)N(CCCCCC(=O)N(C)[C@H](C(=O)NCC(=O)N(C)[C@@H](C(C)CC)[C@@H](CC(=O)N2CC(=C)C[C@H]2[C@H](OC)[C@@H](C)C(=O)N[C@H](C=O)Cc2ccccc2)OC)C(C)C)C1=O. The van der Waals surface area contributed by atoms with E-state index in [0.29, 0.717) is 51.4 Å². The number of hydrogen-bond acceptors (Lipinski definition) is 11. The van der Waals surface area contributed by atoms with Crippen LogP contribution in [-0.4, -0.2) is 170 Å². The molecule has 3 rings (SSSR count). The number of carbonyl (C=O) groups excluding carboxylic acids is 8. The number of ether oxygens (including phenoxy) is 2. The molecule has 2 heterocycles. The minimum absolute atomic E-state index is 0.0914. The fraction of sp³-hybridized carbons (Fsp3) is 0.698. The number of unbranched alkanes of at least 4 members (excludes halogenated alkanes) is 2. The first-order valence-corrected chi connectivity index (χ1v) is 26.4. The Kier molecular flexibility index (Phi) is 25.0. The van der Waals surface area contributed by atoms with Gasteiger partial charge in [-0.2, -0.15) is 0 Å². The molecule has 2 aliphatic heterocycles. The lowest BCUT2D eigenvalue weighted by Crippen LogP contribution is -2.56. The lowest BCUT2D eigenvalue weighted by Gasteiger charge is -2.39. The molecule has 2 N–H and O–H groups in total. The molecule has 2 radical (unpaired) electrons. The Balaban J connectivity index is 1.57. The number of amides is 7. The second-order valence-corrected chi connectivity index (χ2v) is 21.9. The van der Waals surface area contributed by atoms with Crippen LogP contribution in [0.25, 0.3) is 0 Å². The van der Waals surface area contributed by atoms with Gasteiger partial charge in [-0.1, -0.05) is 116 Å². The van der Waals surface area contributed by atoms with Gasteiger partial charge >= 0.3 is 0 Å². The molecule has 0 saturated carbocycles. The molecule has 0 aliphatic carbocycles. The van der Waals surface area contributed by atoms with E-state index in [4.69, 9.17) is 17.3 Å². The zero-order chi connectivity index (χ0) is 53.2. The van der Waals surface area contributed by atoms with Crippen molar-refractivity contribution >= 4 is 67.2 Å². The highest BCUT2D eigenvalue weighted by atomic mass is 32.2. The Bertz CT molecular complexity index is 1970. The molecule has 2 fully saturated rings. The van der Waals surface area contributed by atoms with E-state index < -0.39 is 54.1 Å². The van der Waals surface area contributed by atoms with Crippen molar-refractivity contribution in [3.8, 4) is 0 Å². The molecule has 394 valence electrons. The van der Waals surface area contributed by atoms with Crippen molar-refractivity contribution in [1.29, 1.82) is 0 Å². The van der Waals surface area contributed by atoms with Crippen LogP contribution < -0.4 is 10.6 Å². The van der Waals surface area contributed by atoms with Gasteiger partial charge in [-0.05, 0) is 55.3 Å². The number of methoxy groups -OCH3 is 2. The maximum atomic E-state index is 14.3. The van der Waals surface area contributed by atoms with Crippen molar-refractivity contribution in [2.24, 2.45) is 17.8 Å². The molecule has 0 bridgehead atoms. The summed E-state index contributed by atoms with van der Waals surface area (Å²) in [7, 11) is 12.3. The third-order valence-corrected chi connectivity index (χ3v) is 15.3. The number of aldehydes is 1. The van der Waals surface area contributed by atoms with Crippen molar-refractivity contribution in [3.63, 3.8) is 0 Å². The topological polar surface area (TPSA) is 192 Å². The lowest BCUT2D eigenvalue weighted by molar-refractivity contribution is -0.146. The summed E-state index contributed by atoms with van der Waals surface area (Å²) in [5.74, 6) is -2.45. The van der Waals surface area contributed by atoms with Gasteiger partial charge in [0.2, 0.25) is 41.4 Å². The van der Waals surface area contributed by atoms with Crippen molar-refractivity contribution < 1.29 is 47.8 Å². The first-order valence-electron chi connectivity index (χ1n) is 25.3. The van der Waals surface area contributed by atoms with Crippen LogP contribution in [0.2, 0.25) is 5.31 Å². The molecule has 16 nitrogen and oxygen atoms in total. The van der Waals surface area contributed by atoms with E-state index >= 15 is 0 Å². The third-order valence-electron chi connectivity index (χ3n) is 14.0. The second-order valence-electron chi connectivity index (χ2n) is 20.6. The van der Waals surface area contributed by atoms with Gasteiger partial charge in [0.05, 0.1) is 62.3 Å². The molecule has 9 atom stereocenters. The molecule has 1 aromatic carbocycles. The Hall–Kier alpha value is -4.55. The number of nitrogens with zero attached hydrogens (tertiary/aromatic N) is 4. The predicted molar refractivity (Wildman–Crippen MR) is 278 cm³/mol. The van der Waals surface area contributed by atoms with E-state index in [0.717, 1.165) is 29.7 Å². The molecule has 7 amide bonds. The zero-order valence-electron chi connectivity index (χ0n) is 44.4. The number of thioether (sulfide) groups is 1. The lowest BCUT2D eigenvalue weighted by atomic mass is 9.70. The molecule has 2 unspecified atom stereocenters. The maximum Gasteiger partial charge on any atom is 0.243 e. The van der Waals surface area contributed by atoms with Gasteiger partial charge in [0.15, 0.2) is 0 Å². The summed E-state index contributed by atoms with van der Waals surface area (Å²) >= 11 is 1.51. The summed E-state index contributed by atoms with van der Waals surface area (Å²) in [6.07, 6.45) is 4.31. The van der Waals surface area contributed by atoms with Crippen LogP contribution in [0.3, 0.4) is 0 Å². The average molecular weight is 1010 g/mol. The number of nitrogens with one attached hydrogen (secondary N) is 2. The van der Waals surface area contributed by atoms with Gasteiger partial charge in [-0.25, -0.2) is 0 Å². The van der Waals surface area contributed by atoms with Crippen LogP contribution in [0.4, 0.5) is 0 Å². The van der Waals surface area contributed by atoms with Crippen LogP contribution >= 0.6 is 11.8 Å². The van der Waals surface area contributed by atoms with Crippen LogP contribution in [0.1, 0.15) is 118 Å². The van der Waals surface area contributed by atoms with Gasteiger partial charge in [0.1, 0.15) is 12.3 Å². The van der Waals surface area contributed by atoms with Crippen LogP contribution in [-0.2, 0) is 54.3 Å². The largest absolute Gasteiger partial charge is 0.379 e. The quantitative estimate of drug-likeness (QED) is 0.0328. The summed E-state index contributed by atoms with van der Waals surface area (Å²) < 4.78 is 11.9. The zero-order valence-corrected chi connectivity index (χ0v) is 45.2. The Morgan fingerprint density at radius 3 is 2.21 bits per heavy atom. The Morgan fingerprint density at radius 1 is 0.944 bits per heavy atom. The molecule has 2 saturated heterocycles. The first-order chi connectivity index (χ1) is 33.5. The smallest absolute Gasteiger partial charge is 0.243 e. The van der Waals surface area contributed by atoms with E-state index in [1.807, 2.05) is 71.9 Å². The third kappa shape index (κ3) is 18.2. The van der Waals surface area contributed by atoms with E-state index in [1.165, 1.54) is 40.7 Å². The normalized spacial score (nSPS) is 19.2. The fourth-order valence-electron chi connectivity index (χ4n) is 9.74. The van der Waals surface area contributed by atoms with Gasteiger partial charge in [0.25, 0.3) is 0 Å². The highest BCUT2D eigenvalue weighted by molar-refractivity contribution is 8.00. The van der Waals surface area contributed by atoms with E-state index in [9.17, 15) is 38.4 Å². The molecule has 71 heavy (non-hydrogen) atoms. The number of hydrogen-bond donors (Lipinski definition) is 2. The predicted octanol–water partition coefficient (Wildman–Crippen LogP) is 5.17. The maximum absolute atomic E-state index is 14.3. The summed E-state index contributed by atoms with van der Waals surface area (Å²) in [5, 5.41) is 4.96. The fourth-order valence-corrected chi connectivity index (χ4v) is 10.9. The number of imide groups is 1. The molecule has 0 aromatic heterocycles. The molecule has 18 heteroatoms. The first kappa shape index (κ1) is 60.8. The monoisotopic (exact) mass is 1010 g/mol. The van der Waals surface area contributed by atoms with Crippen molar-refractivity contribution in [1.82, 2.24) is 30.2 Å². The number of benzene rings is 1. The molecule has 0 spiro atoms. The number of likely N-dealkylation sites (N-methyl/N-ethyl adjacent to an activating group) is 2. The van der Waals surface area contributed by atoms with Crippen molar-refractivity contribution in [3.05, 3.63) is 48.0 Å². The van der Waals surface area contributed by atoms with Gasteiger partial charge in [-0.15, -0.1) is 11.8 Å². The van der Waals surface area contributed by atoms with E-state index in [2.05, 4.69) is 17.2 Å². The van der Waals surface area contributed by atoms with Gasteiger partial charge in [-0.3, -0.25) is 38.5 Å². The van der Waals surface area contributed by atoms with E-state index in [1.54, 1.807) is 25.9 Å². The summed E-state index contributed by atoms with van der Waals surface area (Å²) in [6.45, 7) is 17.6. The molecule has 2 aliphatic rings. The van der Waals surface area contributed by atoms with Crippen LogP contribution in [0.5, 0.6) is 0 Å². The highest BCUT2D eigenvalue weighted by Gasteiger charge is 2.44. The van der Waals surface area contributed by atoms with Crippen molar-refractivity contribution in [2.75, 3.05) is 53.7 Å². The number of likely N-dealkylation sites (tertiary alicyclic amines) is 2. The van der Waals surface area contributed by atoms with Gasteiger partial charge in [0, 0.05) is 54.2 Å². The molecular formula is C53H83BN6O10S. The van der Waals surface area contributed by atoms with Gasteiger partial charge < -0.3 is 39.6 Å². The Labute approximate surface area is 429 Å². The summed E-state index contributed by atoms with van der Waals surface area (Å²) in [6, 6.07) is 6.69. The van der Waals surface area contributed by atoms with E-state index in [-0.39, 0.29) is 84.3 Å². The highest BCUT2D eigenvalue weighted by Crippen LogP contribution is 2.32. The van der Waals surface area contributed by atoms with Crippen LogP contribution in [0.15, 0.2) is 42.5 Å². The number of carbonyl (C=O) groups is 8. The average Bonchev–Trinajstić information content (AvgIpc) is 3.84. The van der Waals surface area contributed by atoms with Crippen LogP contribution in [0, 0.1) is 17.8 Å². The molecule has 1 aromatic rings. The number of rotatable bonds is 31. The summed E-state index contributed by atoms with van der Waals surface area (Å²) in [5.41, 5.74) is 1.70. The second kappa shape index (κ2) is 29.2. The minimum atomic E-state index is -0.853. The van der Waals surface area contributed by atoms with Crippen molar-refractivity contribution in [2.45, 2.75) is 166 Å². The Morgan fingerprint density at radius 2 is 1.62 bits per heavy atom.